The van der Waals surface area contributed by atoms with Gasteiger partial charge in [0.1, 0.15) is 0 Å². The van der Waals surface area contributed by atoms with Crippen LogP contribution >= 0.6 is 11.6 Å². The summed E-state index contributed by atoms with van der Waals surface area (Å²) >= 11 is 6.04. The average molecular weight is 257 g/mol. The molecule has 0 atom stereocenters. The van der Waals surface area contributed by atoms with E-state index in [1.807, 2.05) is 0 Å². The monoisotopic (exact) mass is 256 g/mol. The number of morpholine rings is 1. The number of nitro benzene ring substituents is 1. The first kappa shape index (κ1) is 12.3. The molecule has 1 saturated heterocycles. The zero-order chi connectivity index (χ0) is 12.3. The van der Waals surface area contributed by atoms with E-state index < -0.39 is 4.92 Å². The molecule has 0 spiro atoms. The van der Waals surface area contributed by atoms with Crippen molar-refractivity contribution in [2.24, 2.45) is 0 Å². The number of hydrogen-bond acceptors (Lipinski definition) is 4. The Morgan fingerprint density at radius 3 is 2.76 bits per heavy atom. The summed E-state index contributed by atoms with van der Waals surface area (Å²) < 4.78 is 5.25. The van der Waals surface area contributed by atoms with Crippen molar-refractivity contribution in [1.82, 2.24) is 4.90 Å². The molecule has 0 radical (unpaired) electrons. The van der Waals surface area contributed by atoms with E-state index in [1.165, 1.54) is 12.1 Å². The Hall–Kier alpha value is -1.17. The molecule has 1 heterocycles. The fraction of sp³-hybridized carbons (Fsp3) is 0.455. The SMILES string of the molecule is O=[N+]([O-])c1ccc(Cl)c(CN2CCOCC2)c1. The third kappa shape index (κ3) is 3.15. The molecule has 0 bridgehead atoms. The Labute approximate surface area is 104 Å². The van der Waals surface area contributed by atoms with Gasteiger partial charge in [0.25, 0.3) is 5.69 Å². The van der Waals surface area contributed by atoms with Crippen LogP contribution in [0.3, 0.4) is 0 Å². The molecule has 1 aromatic carbocycles. The molecule has 0 aromatic heterocycles. The van der Waals surface area contributed by atoms with Crippen molar-refractivity contribution >= 4 is 17.3 Å². The van der Waals surface area contributed by atoms with Crippen LogP contribution in [0.25, 0.3) is 0 Å². The lowest BCUT2D eigenvalue weighted by atomic mass is 10.2. The number of rotatable bonds is 3. The Kier molecular flexibility index (Phi) is 3.93. The first-order valence-electron chi connectivity index (χ1n) is 5.40. The second-order valence-corrected chi connectivity index (χ2v) is 4.33. The van der Waals surface area contributed by atoms with Crippen molar-refractivity contribution in [3.05, 3.63) is 38.9 Å². The van der Waals surface area contributed by atoms with Gasteiger partial charge in [0.05, 0.1) is 18.1 Å². The van der Waals surface area contributed by atoms with Gasteiger partial charge < -0.3 is 4.74 Å². The zero-order valence-electron chi connectivity index (χ0n) is 9.26. The molecule has 0 saturated carbocycles. The molecule has 1 fully saturated rings. The van der Waals surface area contributed by atoms with Crippen LogP contribution in [0.4, 0.5) is 5.69 Å². The van der Waals surface area contributed by atoms with E-state index in [1.54, 1.807) is 6.07 Å². The van der Waals surface area contributed by atoms with Gasteiger partial charge in [-0.2, -0.15) is 0 Å². The maximum absolute atomic E-state index is 10.7. The molecule has 1 aliphatic rings. The summed E-state index contributed by atoms with van der Waals surface area (Å²) in [5.74, 6) is 0. The smallest absolute Gasteiger partial charge is 0.269 e. The van der Waals surface area contributed by atoms with E-state index in [9.17, 15) is 10.1 Å². The standard InChI is InChI=1S/C11H13ClN2O3/c12-11-2-1-10(14(15)16)7-9(11)8-13-3-5-17-6-4-13/h1-2,7H,3-6,8H2. The van der Waals surface area contributed by atoms with Crippen LogP contribution in [0.2, 0.25) is 5.02 Å². The maximum atomic E-state index is 10.7. The predicted octanol–water partition coefficient (Wildman–Crippen LogP) is 2.08. The number of nitro groups is 1. The van der Waals surface area contributed by atoms with E-state index >= 15 is 0 Å². The van der Waals surface area contributed by atoms with Crippen LogP contribution < -0.4 is 0 Å². The number of hydrogen-bond donors (Lipinski definition) is 0. The van der Waals surface area contributed by atoms with Gasteiger partial charge in [-0.3, -0.25) is 15.0 Å². The largest absolute Gasteiger partial charge is 0.379 e. The van der Waals surface area contributed by atoms with E-state index in [0.717, 1.165) is 18.7 Å². The second kappa shape index (κ2) is 5.44. The summed E-state index contributed by atoms with van der Waals surface area (Å²) in [6.07, 6.45) is 0. The molecular formula is C11H13ClN2O3. The summed E-state index contributed by atoms with van der Waals surface area (Å²) in [5, 5.41) is 11.3. The molecule has 0 amide bonds. The Morgan fingerprint density at radius 1 is 1.41 bits per heavy atom. The van der Waals surface area contributed by atoms with E-state index in [-0.39, 0.29) is 5.69 Å². The zero-order valence-corrected chi connectivity index (χ0v) is 10.0. The van der Waals surface area contributed by atoms with Gasteiger partial charge in [-0.1, -0.05) is 11.6 Å². The highest BCUT2D eigenvalue weighted by Crippen LogP contribution is 2.23. The first-order chi connectivity index (χ1) is 8.16. The Morgan fingerprint density at radius 2 is 2.12 bits per heavy atom. The summed E-state index contributed by atoms with van der Waals surface area (Å²) in [5.41, 5.74) is 0.875. The van der Waals surface area contributed by atoms with E-state index in [0.29, 0.717) is 24.8 Å². The average Bonchev–Trinajstić information content (AvgIpc) is 2.33. The van der Waals surface area contributed by atoms with Crippen LogP contribution in [-0.4, -0.2) is 36.1 Å². The van der Waals surface area contributed by atoms with Crippen LogP contribution in [0.5, 0.6) is 0 Å². The second-order valence-electron chi connectivity index (χ2n) is 3.92. The number of halogens is 1. The fourth-order valence-electron chi connectivity index (χ4n) is 1.80. The third-order valence-electron chi connectivity index (χ3n) is 2.74. The summed E-state index contributed by atoms with van der Waals surface area (Å²) in [6, 6.07) is 4.54. The van der Waals surface area contributed by atoms with Crippen molar-refractivity contribution in [2.45, 2.75) is 6.54 Å². The van der Waals surface area contributed by atoms with Gasteiger partial charge in [0, 0.05) is 36.8 Å². The molecule has 6 heteroatoms. The lowest BCUT2D eigenvalue weighted by Crippen LogP contribution is -2.35. The molecule has 2 rings (SSSR count). The van der Waals surface area contributed by atoms with Crippen LogP contribution in [-0.2, 0) is 11.3 Å². The molecule has 0 unspecified atom stereocenters. The van der Waals surface area contributed by atoms with Crippen molar-refractivity contribution in [3.63, 3.8) is 0 Å². The van der Waals surface area contributed by atoms with Gasteiger partial charge in [-0.25, -0.2) is 0 Å². The highest BCUT2D eigenvalue weighted by Gasteiger charge is 2.15. The number of nitrogens with zero attached hydrogens (tertiary/aromatic N) is 2. The molecule has 92 valence electrons. The van der Waals surface area contributed by atoms with Crippen LogP contribution in [0.1, 0.15) is 5.56 Å². The fourth-order valence-corrected chi connectivity index (χ4v) is 1.97. The minimum absolute atomic E-state index is 0.0812. The molecule has 1 aliphatic heterocycles. The lowest BCUT2D eigenvalue weighted by Gasteiger charge is -2.26. The minimum Gasteiger partial charge on any atom is -0.379 e. The Balaban J connectivity index is 2.13. The van der Waals surface area contributed by atoms with Gasteiger partial charge >= 0.3 is 0 Å². The van der Waals surface area contributed by atoms with Gasteiger partial charge in [-0.05, 0) is 11.6 Å². The van der Waals surface area contributed by atoms with Crippen molar-refractivity contribution in [3.8, 4) is 0 Å². The number of benzene rings is 1. The number of non-ortho nitro benzene ring substituents is 1. The molecule has 17 heavy (non-hydrogen) atoms. The molecule has 0 N–H and O–H groups in total. The normalized spacial score (nSPS) is 17.0. The predicted molar refractivity (Wildman–Crippen MR) is 64.2 cm³/mol. The van der Waals surface area contributed by atoms with Gasteiger partial charge in [0.2, 0.25) is 0 Å². The van der Waals surface area contributed by atoms with Crippen molar-refractivity contribution < 1.29 is 9.66 Å². The lowest BCUT2D eigenvalue weighted by molar-refractivity contribution is -0.384. The maximum Gasteiger partial charge on any atom is 0.269 e. The molecule has 1 aromatic rings. The highest BCUT2D eigenvalue weighted by atomic mass is 35.5. The first-order valence-corrected chi connectivity index (χ1v) is 5.77. The quantitative estimate of drug-likeness (QED) is 0.614. The van der Waals surface area contributed by atoms with E-state index in [2.05, 4.69) is 4.90 Å². The number of ether oxygens (including phenoxy) is 1. The molecule has 5 nitrogen and oxygen atoms in total. The highest BCUT2D eigenvalue weighted by molar-refractivity contribution is 6.31. The van der Waals surface area contributed by atoms with Crippen LogP contribution in [0.15, 0.2) is 18.2 Å². The van der Waals surface area contributed by atoms with Crippen molar-refractivity contribution in [2.75, 3.05) is 26.3 Å². The van der Waals surface area contributed by atoms with Crippen LogP contribution in [0, 0.1) is 10.1 Å². The molecular weight excluding hydrogens is 244 g/mol. The van der Waals surface area contributed by atoms with Gasteiger partial charge in [-0.15, -0.1) is 0 Å². The molecule has 0 aliphatic carbocycles. The van der Waals surface area contributed by atoms with E-state index in [4.69, 9.17) is 16.3 Å². The summed E-state index contributed by atoms with van der Waals surface area (Å²) in [6.45, 7) is 3.70. The summed E-state index contributed by atoms with van der Waals surface area (Å²) in [4.78, 5) is 12.5. The minimum atomic E-state index is -0.404. The summed E-state index contributed by atoms with van der Waals surface area (Å²) in [7, 11) is 0. The van der Waals surface area contributed by atoms with Gasteiger partial charge in [0.15, 0.2) is 0 Å². The third-order valence-corrected chi connectivity index (χ3v) is 3.11. The topological polar surface area (TPSA) is 55.6 Å². The van der Waals surface area contributed by atoms with Crippen molar-refractivity contribution in [1.29, 1.82) is 0 Å². The Bertz CT molecular complexity index is 419.